The summed E-state index contributed by atoms with van der Waals surface area (Å²) < 4.78 is 5.44. The lowest BCUT2D eigenvalue weighted by molar-refractivity contribution is 0.410. The average Bonchev–Trinajstić information content (AvgIpc) is 2.45. The minimum atomic E-state index is -0.200. The molecule has 0 fully saturated rings. The molecular formula is C19H23ClO. The van der Waals surface area contributed by atoms with E-state index in [1.165, 1.54) is 11.1 Å². The van der Waals surface area contributed by atoms with E-state index in [1.54, 1.807) is 7.11 Å². The maximum atomic E-state index is 6.67. The Labute approximate surface area is 132 Å². The van der Waals surface area contributed by atoms with Crippen molar-refractivity contribution in [3.05, 3.63) is 64.7 Å². The van der Waals surface area contributed by atoms with Crippen molar-refractivity contribution in [3.8, 4) is 5.75 Å². The highest BCUT2D eigenvalue weighted by molar-refractivity contribution is 6.22. The molecule has 0 saturated carbocycles. The highest BCUT2D eigenvalue weighted by atomic mass is 35.5. The van der Waals surface area contributed by atoms with E-state index in [-0.39, 0.29) is 10.8 Å². The van der Waals surface area contributed by atoms with Gasteiger partial charge in [0.1, 0.15) is 5.75 Å². The number of halogens is 1. The predicted molar refractivity (Wildman–Crippen MR) is 90.6 cm³/mol. The van der Waals surface area contributed by atoms with Crippen molar-refractivity contribution in [2.45, 2.75) is 38.5 Å². The second kappa shape index (κ2) is 6.11. The second-order valence-corrected chi connectivity index (χ2v) is 6.92. The fourth-order valence-corrected chi connectivity index (χ4v) is 2.70. The SMILES string of the molecule is COc1ccc(C)cc1C(Cl)c1ccc(C(C)(C)C)cc1. The third kappa shape index (κ3) is 3.59. The second-order valence-electron chi connectivity index (χ2n) is 6.48. The average molecular weight is 303 g/mol. The minimum absolute atomic E-state index is 0.154. The van der Waals surface area contributed by atoms with Gasteiger partial charge in [-0.2, -0.15) is 0 Å². The highest BCUT2D eigenvalue weighted by Gasteiger charge is 2.18. The van der Waals surface area contributed by atoms with Crippen LogP contribution in [0.15, 0.2) is 42.5 Å². The number of benzene rings is 2. The lowest BCUT2D eigenvalue weighted by Gasteiger charge is -2.20. The summed E-state index contributed by atoms with van der Waals surface area (Å²) in [6.07, 6.45) is 0. The van der Waals surface area contributed by atoms with Gasteiger partial charge in [0.15, 0.2) is 0 Å². The van der Waals surface area contributed by atoms with Crippen LogP contribution in [-0.4, -0.2) is 7.11 Å². The zero-order valence-corrected chi connectivity index (χ0v) is 14.2. The van der Waals surface area contributed by atoms with Crippen LogP contribution >= 0.6 is 11.6 Å². The Morgan fingerprint density at radius 3 is 2.14 bits per heavy atom. The van der Waals surface area contributed by atoms with E-state index < -0.39 is 0 Å². The highest BCUT2D eigenvalue weighted by Crippen LogP contribution is 2.36. The van der Waals surface area contributed by atoms with Gasteiger partial charge >= 0.3 is 0 Å². The molecule has 0 heterocycles. The van der Waals surface area contributed by atoms with Crippen LogP contribution in [0.3, 0.4) is 0 Å². The monoisotopic (exact) mass is 302 g/mol. The van der Waals surface area contributed by atoms with Crippen molar-refractivity contribution in [1.82, 2.24) is 0 Å². The lowest BCUT2D eigenvalue weighted by Crippen LogP contribution is -2.10. The first-order valence-electron chi connectivity index (χ1n) is 7.22. The molecule has 1 nitrogen and oxygen atoms in total. The standard InChI is InChI=1S/C19H23ClO/c1-13-6-11-17(21-5)16(12-13)18(20)14-7-9-15(10-8-14)19(2,3)4/h6-12,18H,1-5H3. The van der Waals surface area contributed by atoms with Crippen molar-refractivity contribution < 1.29 is 4.74 Å². The molecule has 2 heteroatoms. The molecule has 0 N–H and O–H groups in total. The Morgan fingerprint density at radius 2 is 1.62 bits per heavy atom. The van der Waals surface area contributed by atoms with E-state index in [4.69, 9.17) is 16.3 Å². The molecule has 2 aromatic carbocycles. The van der Waals surface area contributed by atoms with E-state index in [2.05, 4.69) is 58.0 Å². The molecule has 0 aromatic heterocycles. The first-order valence-corrected chi connectivity index (χ1v) is 7.65. The molecule has 2 aromatic rings. The number of hydrogen-bond donors (Lipinski definition) is 0. The van der Waals surface area contributed by atoms with Gasteiger partial charge in [0.05, 0.1) is 12.5 Å². The van der Waals surface area contributed by atoms with Gasteiger partial charge in [0.25, 0.3) is 0 Å². The quantitative estimate of drug-likeness (QED) is 0.668. The molecule has 0 aliphatic rings. The summed E-state index contributed by atoms with van der Waals surface area (Å²) in [5, 5.41) is -0.200. The first kappa shape index (κ1) is 15.9. The van der Waals surface area contributed by atoms with Gasteiger partial charge in [-0.05, 0) is 29.5 Å². The smallest absolute Gasteiger partial charge is 0.123 e. The van der Waals surface area contributed by atoms with Crippen LogP contribution in [0.25, 0.3) is 0 Å². The fourth-order valence-electron chi connectivity index (χ4n) is 2.38. The number of aryl methyl sites for hydroxylation is 1. The van der Waals surface area contributed by atoms with Crippen LogP contribution in [0.2, 0.25) is 0 Å². The van der Waals surface area contributed by atoms with Gasteiger partial charge in [-0.3, -0.25) is 0 Å². The van der Waals surface area contributed by atoms with E-state index in [0.717, 1.165) is 16.9 Å². The summed E-state index contributed by atoms with van der Waals surface area (Å²) in [5.41, 5.74) is 4.76. The topological polar surface area (TPSA) is 9.23 Å². The summed E-state index contributed by atoms with van der Waals surface area (Å²) in [7, 11) is 1.68. The van der Waals surface area contributed by atoms with Crippen molar-refractivity contribution in [3.63, 3.8) is 0 Å². The zero-order valence-electron chi connectivity index (χ0n) is 13.4. The maximum Gasteiger partial charge on any atom is 0.123 e. The van der Waals surface area contributed by atoms with Crippen LogP contribution in [0.4, 0.5) is 0 Å². The summed E-state index contributed by atoms with van der Waals surface area (Å²) in [6, 6.07) is 14.6. The molecule has 0 amide bonds. The molecule has 0 aliphatic heterocycles. The summed E-state index contributed by atoms with van der Waals surface area (Å²) >= 11 is 6.67. The molecule has 0 bridgehead atoms. The predicted octanol–water partition coefficient (Wildman–Crippen LogP) is 5.63. The van der Waals surface area contributed by atoms with Crippen molar-refractivity contribution in [2.75, 3.05) is 7.11 Å². The number of hydrogen-bond acceptors (Lipinski definition) is 1. The van der Waals surface area contributed by atoms with E-state index in [9.17, 15) is 0 Å². The van der Waals surface area contributed by atoms with E-state index >= 15 is 0 Å². The largest absolute Gasteiger partial charge is 0.496 e. The van der Waals surface area contributed by atoms with E-state index in [1.807, 2.05) is 12.1 Å². The van der Waals surface area contributed by atoms with Crippen LogP contribution in [0.5, 0.6) is 5.75 Å². The number of ether oxygens (including phenoxy) is 1. The zero-order chi connectivity index (χ0) is 15.6. The van der Waals surface area contributed by atoms with Gasteiger partial charge in [0, 0.05) is 5.56 Å². The van der Waals surface area contributed by atoms with Gasteiger partial charge < -0.3 is 4.74 Å². The third-order valence-electron chi connectivity index (χ3n) is 3.73. The normalized spacial score (nSPS) is 13.0. The Balaban J connectivity index is 2.36. The van der Waals surface area contributed by atoms with Crippen molar-refractivity contribution >= 4 is 11.6 Å². The van der Waals surface area contributed by atoms with Crippen LogP contribution in [0.1, 0.15) is 48.4 Å². The molecule has 0 saturated heterocycles. The van der Waals surface area contributed by atoms with Crippen molar-refractivity contribution in [1.29, 1.82) is 0 Å². The minimum Gasteiger partial charge on any atom is -0.496 e. The van der Waals surface area contributed by atoms with Gasteiger partial charge in [-0.15, -0.1) is 11.6 Å². The molecule has 0 spiro atoms. The summed E-state index contributed by atoms with van der Waals surface area (Å²) in [6.45, 7) is 8.70. The molecule has 0 radical (unpaired) electrons. The van der Waals surface area contributed by atoms with Crippen LogP contribution in [0, 0.1) is 6.92 Å². The summed E-state index contributed by atoms with van der Waals surface area (Å²) in [4.78, 5) is 0. The Hall–Kier alpha value is -1.47. The number of rotatable bonds is 3. The first-order chi connectivity index (χ1) is 9.82. The van der Waals surface area contributed by atoms with Crippen LogP contribution < -0.4 is 4.74 Å². The Morgan fingerprint density at radius 1 is 1.00 bits per heavy atom. The molecule has 112 valence electrons. The molecule has 1 unspecified atom stereocenters. The summed E-state index contributed by atoms with van der Waals surface area (Å²) in [5.74, 6) is 0.834. The Kier molecular flexibility index (Phi) is 4.63. The van der Waals surface area contributed by atoms with Gasteiger partial charge in [0.2, 0.25) is 0 Å². The third-order valence-corrected chi connectivity index (χ3v) is 4.21. The molecular weight excluding hydrogens is 280 g/mol. The molecule has 21 heavy (non-hydrogen) atoms. The van der Waals surface area contributed by atoms with E-state index in [0.29, 0.717) is 0 Å². The lowest BCUT2D eigenvalue weighted by atomic mass is 9.86. The van der Waals surface area contributed by atoms with Crippen molar-refractivity contribution in [2.24, 2.45) is 0 Å². The molecule has 1 atom stereocenters. The Bertz CT molecular complexity index is 608. The van der Waals surface area contributed by atoms with Crippen LogP contribution in [-0.2, 0) is 5.41 Å². The fraction of sp³-hybridized carbons (Fsp3) is 0.368. The molecule has 0 aliphatic carbocycles. The van der Waals surface area contributed by atoms with Gasteiger partial charge in [-0.1, -0.05) is 62.7 Å². The number of methoxy groups -OCH3 is 1. The maximum absolute atomic E-state index is 6.67. The van der Waals surface area contributed by atoms with Gasteiger partial charge in [-0.25, -0.2) is 0 Å². The molecule has 2 rings (SSSR count). The number of alkyl halides is 1.